The van der Waals surface area contributed by atoms with E-state index < -0.39 is 28.5 Å². The van der Waals surface area contributed by atoms with E-state index in [2.05, 4.69) is 3.66 Å². The third-order valence-electron chi connectivity index (χ3n) is 1.52. The number of aromatic hydroxyl groups is 1. The minimum absolute atomic E-state index is 0.154. The van der Waals surface area contributed by atoms with Crippen LogP contribution >= 0.6 is 0 Å². The number of carboxylic acids is 1. The van der Waals surface area contributed by atoms with Gasteiger partial charge >= 0.3 is 90.7 Å². The van der Waals surface area contributed by atoms with E-state index in [4.69, 9.17) is 10.2 Å². The fourth-order valence-corrected chi connectivity index (χ4v) is 1.21. The van der Waals surface area contributed by atoms with Gasteiger partial charge in [0.1, 0.15) is 0 Å². The van der Waals surface area contributed by atoms with Crippen molar-refractivity contribution in [3.8, 4) is 5.75 Å². The first kappa shape index (κ1) is 11.4. The van der Waals surface area contributed by atoms with Crippen LogP contribution in [0.2, 0.25) is 0 Å². The van der Waals surface area contributed by atoms with Gasteiger partial charge in [-0.1, -0.05) is 0 Å². The van der Waals surface area contributed by atoms with E-state index in [0.717, 1.165) is 18.2 Å². The molecule has 0 aromatic heterocycles. The number of hydrogen-bond acceptors (Lipinski definition) is 5. The zero-order valence-corrected chi connectivity index (χ0v) is 8.60. The van der Waals surface area contributed by atoms with Crippen molar-refractivity contribution in [2.45, 2.75) is 0 Å². The second-order valence-corrected chi connectivity index (χ2v) is 3.04. The molecule has 2 N–H and O–H groups in total. The van der Waals surface area contributed by atoms with Gasteiger partial charge in [0.25, 0.3) is 0 Å². The van der Waals surface area contributed by atoms with Crippen LogP contribution in [0.1, 0.15) is 20.7 Å². The molecule has 78 valence electrons. The number of hydrogen-bond donors (Lipinski definition) is 2. The first-order valence-corrected chi connectivity index (χ1v) is 4.80. The number of aromatic carboxylic acids is 1. The van der Waals surface area contributed by atoms with Gasteiger partial charge in [-0.15, -0.1) is 0 Å². The summed E-state index contributed by atoms with van der Waals surface area (Å²) >= 11 is -1.80. The standard InChI is InChI=1S/C8H6O5.O.V/c9-6-2-4(7(10)11)1-5(3-6)8(12)13;;/h1-3,9H,(H,10,11)(H,12,13);;/q;;+1/p-1. The molecule has 0 spiro atoms. The Morgan fingerprint density at radius 3 is 2.33 bits per heavy atom. The molecule has 0 aliphatic carbocycles. The zero-order chi connectivity index (χ0) is 11.4. The summed E-state index contributed by atoms with van der Waals surface area (Å²) in [7, 11) is 0. The fraction of sp³-hybridized carbons (Fsp3) is 0. The first-order valence-electron chi connectivity index (χ1n) is 3.66. The van der Waals surface area contributed by atoms with Gasteiger partial charge in [0.2, 0.25) is 0 Å². The summed E-state index contributed by atoms with van der Waals surface area (Å²) in [5.41, 5.74) is -0.400. The summed E-state index contributed by atoms with van der Waals surface area (Å²) in [4.78, 5) is 21.6. The van der Waals surface area contributed by atoms with Crippen LogP contribution < -0.4 is 0 Å². The fourth-order valence-electron chi connectivity index (χ4n) is 0.939. The summed E-state index contributed by atoms with van der Waals surface area (Å²) in [5.74, 6) is -2.58. The quantitative estimate of drug-likeness (QED) is 0.811. The van der Waals surface area contributed by atoms with Crippen molar-refractivity contribution >= 4 is 11.9 Å². The minimum atomic E-state index is -1.80. The number of rotatable bonds is 3. The van der Waals surface area contributed by atoms with E-state index in [1.165, 1.54) is 0 Å². The molecular formula is C8H5O6V. The van der Waals surface area contributed by atoms with Gasteiger partial charge in [-0.05, 0) is 0 Å². The van der Waals surface area contributed by atoms with Crippen molar-refractivity contribution in [2.24, 2.45) is 0 Å². The van der Waals surface area contributed by atoms with Gasteiger partial charge in [0.15, 0.2) is 0 Å². The number of carbonyl (C=O) groups excluding carboxylic acids is 1. The normalized spacial score (nSPS) is 9.33. The molecule has 0 aliphatic rings. The summed E-state index contributed by atoms with van der Waals surface area (Å²) in [5, 5.41) is 17.7. The predicted molar refractivity (Wildman–Crippen MR) is 41.2 cm³/mol. The Morgan fingerprint density at radius 1 is 1.20 bits per heavy atom. The number of phenolic OH excluding ortho intramolecular Hbond substituents is 1. The monoisotopic (exact) mass is 248 g/mol. The van der Waals surface area contributed by atoms with Gasteiger partial charge in [-0.3, -0.25) is 0 Å². The second kappa shape index (κ2) is 4.72. The summed E-state index contributed by atoms with van der Waals surface area (Å²) < 4.78 is 14.3. The van der Waals surface area contributed by atoms with Crippen LogP contribution in [-0.2, 0) is 23.9 Å². The van der Waals surface area contributed by atoms with Crippen molar-refractivity contribution in [2.75, 3.05) is 0 Å². The molecule has 0 saturated heterocycles. The molecule has 15 heavy (non-hydrogen) atoms. The van der Waals surface area contributed by atoms with Crippen molar-refractivity contribution in [3.05, 3.63) is 29.3 Å². The van der Waals surface area contributed by atoms with Gasteiger partial charge in [0.05, 0.1) is 0 Å². The van der Waals surface area contributed by atoms with Gasteiger partial charge in [-0.25, -0.2) is 0 Å². The SMILES string of the molecule is [O]=[V][O]C(=O)c1cc(O)cc(C(=O)O)c1. The molecule has 0 heterocycles. The van der Waals surface area contributed by atoms with Crippen molar-refractivity contribution in [1.82, 2.24) is 0 Å². The van der Waals surface area contributed by atoms with E-state index in [1.54, 1.807) is 0 Å². The Balaban J connectivity index is 3.14. The van der Waals surface area contributed by atoms with Crippen LogP contribution in [0, 0.1) is 0 Å². The zero-order valence-electron chi connectivity index (χ0n) is 7.21. The third-order valence-corrected chi connectivity index (χ3v) is 1.90. The molecule has 0 unspecified atom stereocenters. The van der Waals surface area contributed by atoms with E-state index in [9.17, 15) is 13.3 Å². The Labute approximate surface area is 91.1 Å². The van der Waals surface area contributed by atoms with Crippen molar-refractivity contribution in [1.29, 1.82) is 0 Å². The average Bonchev–Trinajstić information content (AvgIpc) is 2.17. The van der Waals surface area contributed by atoms with Crippen LogP contribution in [0.15, 0.2) is 18.2 Å². The first-order chi connectivity index (χ1) is 7.04. The molecule has 0 bridgehead atoms. The van der Waals surface area contributed by atoms with Crippen LogP contribution in [-0.4, -0.2) is 22.2 Å². The summed E-state index contributed by atoms with van der Waals surface area (Å²) in [6.45, 7) is 0. The molecule has 0 amide bonds. The predicted octanol–water partition coefficient (Wildman–Crippen LogP) is 0.590. The number of carbonyl (C=O) groups is 2. The number of carboxylic acid groups (broad SMARTS) is 1. The maximum atomic E-state index is 11.1. The average molecular weight is 248 g/mol. The molecule has 1 aromatic carbocycles. The molecule has 0 fully saturated rings. The summed E-state index contributed by atoms with van der Waals surface area (Å²) in [6, 6.07) is 3.05. The van der Waals surface area contributed by atoms with E-state index >= 15 is 0 Å². The Morgan fingerprint density at radius 2 is 1.80 bits per heavy atom. The summed E-state index contributed by atoms with van der Waals surface area (Å²) in [6.07, 6.45) is 0. The van der Waals surface area contributed by atoms with Gasteiger partial charge < -0.3 is 0 Å². The Kier molecular flexibility index (Phi) is 3.59. The molecule has 7 heteroatoms. The van der Waals surface area contributed by atoms with Crippen molar-refractivity contribution < 1.29 is 43.7 Å². The van der Waals surface area contributed by atoms with Crippen molar-refractivity contribution in [3.63, 3.8) is 0 Å². The van der Waals surface area contributed by atoms with E-state index in [1.807, 2.05) is 0 Å². The molecule has 0 atom stereocenters. The molecule has 1 aromatic rings. The molecule has 1 rings (SSSR count). The number of phenols is 1. The molecule has 0 aliphatic heterocycles. The maximum absolute atomic E-state index is 11.1. The van der Waals surface area contributed by atoms with Crippen LogP contribution in [0.25, 0.3) is 0 Å². The Hall–Kier alpha value is -1.66. The van der Waals surface area contributed by atoms with E-state index in [0.29, 0.717) is 0 Å². The Bertz CT molecular complexity index is 427. The van der Waals surface area contributed by atoms with Gasteiger partial charge in [-0.2, -0.15) is 0 Å². The second-order valence-electron chi connectivity index (χ2n) is 2.53. The topological polar surface area (TPSA) is 101 Å². The molecule has 0 saturated carbocycles. The van der Waals surface area contributed by atoms with E-state index in [-0.39, 0.29) is 16.9 Å². The third kappa shape index (κ3) is 2.90. The number of benzene rings is 1. The van der Waals surface area contributed by atoms with Crippen LogP contribution in [0.4, 0.5) is 0 Å². The molecule has 6 nitrogen and oxygen atoms in total. The molecular weight excluding hydrogens is 243 g/mol. The molecule has 0 radical (unpaired) electrons. The van der Waals surface area contributed by atoms with Crippen LogP contribution in [0.3, 0.4) is 0 Å². The van der Waals surface area contributed by atoms with Gasteiger partial charge in [0, 0.05) is 0 Å². The van der Waals surface area contributed by atoms with Crippen LogP contribution in [0.5, 0.6) is 5.75 Å².